The minimum atomic E-state index is -4.06. The van der Waals surface area contributed by atoms with Crippen molar-refractivity contribution in [3.05, 3.63) is 68.2 Å². The topological polar surface area (TPSA) is 156 Å². The van der Waals surface area contributed by atoms with E-state index in [4.69, 9.17) is 28.3 Å². The zero-order chi connectivity index (χ0) is 26.4. The molecule has 0 aliphatic rings. The van der Waals surface area contributed by atoms with Gasteiger partial charge in [-0.2, -0.15) is 0 Å². The first kappa shape index (κ1) is 25.6. The number of nitrogens with one attached hydrogen (secondary N) is 2. The summed E-state index contributed by atoms with van der Waals surface area (Å²) in [6, 6.07) is 9.41. The molecule has 0 fully saturated rings. The van der Waals surface area contributed by atoms with Crippen molar-refractivity contribution in [2.24, 2.45) is 5.14 Å². The quantitative estimate of drug-likeness (QED) is 0.333. The number of benzene rings is 2. The van der Waals surface area contributed by atoms with Crippen molar-refractivity contribution in [2.75, 3.05) is 24.3 Å². The minimum absolute atomic E-state index is 0.0431. The van der Waals surface area contributed by atoms with Crippen LogP contribution in [-0.4, -0.2) is 48.2 Å². The van der Waals surface area contributed by atoms with Gasteiger partial charge in [0.15, 0.2) is 11.5 Å². The highest BCUT2D eigenvalue weighted by atomic mass is 35.5. The predicted molar refractivity (Wildman–Crippen MR) is 139 cm³/mol. The molecule has 1 amide bonds. The molecule has 0 radical (unpaired) electrons. The zero-order valence-electron chi connectivity index (χ0n) is 19.3. The summed E-state index contributed by atoms with van der Waals surface area (Å²) in [4.78, 5) is 33.1. The van der Waals surface area contributed by atoms with Gasteiger partial charge in [-0.05, 0) is 29.8 Å². The number of amides is 1. The molecule has 2 heterocycles. The highest BCUT2D eigenvalue weighted by Crippen LogP contribution is 2.34. The lowest BCUT2D eigenvalue weighted by Crippen LogP contribution is -2.16. The largest absolute Gasteiger partial charge is 0.361 e. The van der Waals surface area contributed by atoms with Gasteiger partial charge in [-0.15, -0.1) is 5.10 Å². The fourth-order valence-corrected chi connectivity index (χ4v) is 4.96. The van der Waals surface area contributed by atoms with E-state index in [2.05, 4.69) is 20.4 Å². The number of sulfonamides is 1. The van der Waals surface area contributed by atoms with Crippen molar-refractivity contribution >= 4 is 61.7 Å². The van der Waals surface area contributed by atoms with Crippen molar-refractivity contribution < 1.29 is 13.2 Å². The van der Waals surface area contributed by atoms with E-state index in [0.717, 1.165) is 17.7 Å². The summed E-state index contributed by atoms with van der Waals surface area (Å²) in [7, 11) is -0.633. The summed E-state index contributed by atoms with van der Waals surface area (Å²) in [6.45, 7) is 1.42. The Kier molecular flexibility index (Phi) is 6.80. The zero-order valence-corrected chi connectivity index (χ0v) is 21.7. The Morgan fingerprint density at radius 3 is 2.31 bits per heavy atom. The number of nitrogens with zero attached hydrogens (tertiary/aromatic N) is 4. The average molecular weight is 550 g/mol. The van der Waals surface area contributed by atoms with E-state index in [-0.39, 0.29) is 44.0 Å². The highest BCUT2D eigenvalue weighted by molar-refractivity contribution is 7.89. The van der Waals surface area contributed by atoms with E-state index in [9.17, 15) is 18.0 Å². The molecule has 2 aromatic carbocycles. The van der Waals surface area contributed by atoms with E-state index < -0.39 is 15.6 Å². The molecule has 4 N–H and O–H groups in total. The lowest BCUT2D eigenvalue weighted by atomic mass is 10.1. The summed E-state index contributed by atoms with van der Waals surface area (Å²) in [5.74, 6) is 0.478. The normalized spacial score (nSPS) is 11.6. The molecule has 4 aromatic rings. The van der Waals surface area contributed by atoms with Gasteiger partial charge in [0.1, 0.15) is 16.9 Å². The van der Waals surface area contributed by atoms with Crippen LogP contribution in [0, 0.1) is 0 Å². The molecule has 0 spiro atoms. The van der Waals surface area contributed by atoms with Crippen LogP contribution in [0.25, 0.3) is 16.7 Å². The summed E-state index contributed by atoms with van der Waals surface area (Å²) in [5, 5.41) is 12.5. The van der Waals surface area contributed by atoms with Gasteiger partial charge >= 0.3 is 0 Å². The number of aromatic amines is 1. The first-order chi connectivity index (χ1) is 16.8. The molecule has 0 aliphatic carbocycles. The Hall–Kier alpha value is -3.45. The lowest BCUT2D eigenvalue weighted by molar-refractivity contribution is -0.114. The average Bonchev–Trinajstić information content (AvgIpc) is 3.14. The van der Waals surface area contributed by atoms with Crippen molar-refractivity contribution in [1.82, 2.24) is 19.7 Å². The number of hydrogen-bond donors (Lipinski definition) is 3. The number of anilines is 2. The molecule has 0 aliphatic heterocycles. The van der Waals surface area contributed by atoms with Crippen LogP contribution in [0.3, 0.4) is 0 Å². The number of nitrogens with two attached hydrogens (primary N) is 1. The van der Waals surface area contributed by atoms with Gasteiger partial charge in [0.2, 0.25) is 15.9 Å². The van der Waals surface area contributed by atoms with Crippen LogP contribution in [0.4, 0.5) is 11.5 Å². The van der Waals surface area contributed by atoms with Crippen LogP contribution in [0.1, 0.15) is 18.3 Å². The molecule has 36 heavy (non-hydrogen) atoms. The van der Waals surface area contributed by atoms with Gasteiger partial charge in [0, 0.05) is 33.1 Å². The molecule has 14 heteroatoms. The maximum atomic E-state index is 13.1. The number of carbonyl (C=O) groups is 1. The maximum Gasteiger partial charge on any atom is 0.264 e. The van der Waals surface area contributed by atoms with Gasteiger partial charge in [-0.1, -0.05) is 35.3 Å². The third-order valence-corrected chi connectivity index (χ3v) is 6.64. The number of H-pyrrole nitrogens is 1. The Labute approximate surface area is 215 Å². The van der Waals surface area contributed by atoms with Gasteiger partial charge in [0.25, 0.3) is 5.56 Å². The standard InChI is InChI=1S/C22H21Cl2N7O4S/c1-11(32)26-13-6-4-12(5-7-13)8-17-27-20-18(22(33)28-17)21(30(2)3)29-31(20)19-15(23)9-14(10-16(19)24)36(25,34)35/h4-7,9-10H,8H2,1-3H3,(H,26,32)(H2,25,34,35)(H,27,28,33). The van der Waals surface area contributed by atoms with Gasteiger partial charge in [-0.3, -0.25) is 9.59 Å². The second kappa shape index (κ2) is 9.54. The van der Waals surface area contributed by atoms with Gasteiger partial charge in [0.05, 0.1) is 14.9 Å². The van der Waals surface area contributed by atoms with Crippen LogP contribution in [-0.2, 0) is 21.2 Å². The Morgan fingerprint density at radius 1 is 1.17 bits per heavy atom. The molecule has 2 aromatic heterocycles. The van der Waals surface area contributed by atoms with E-state index in [1.807, 2.05) is 0 Å². The third kappa shape index (κ3) is 5.07. The molecule has 0 unspecified atom stereocenters. The van der Waals surface area contributed by atoms with Crippen LogP contribution in [0.5, 0.6) is 0 Å². The third-order valence-electron chi connectivity index (χ3n) is 5.17. The molecule has 0 saturated carbocycles. The molecular formula is C22H21Cl2N7O4S. The fourth-order valence-electron chi connectivity index (χ4n) is 3.62. The van der Waals surface area contributed by atoms with Crippen molar-refractivity contribution in [2.45, 2.75) is 18.2 Å². The molecule has 11 nitrogen and oxygen atoms in total. The Balaban J connectivity index is 1.86. The fraction of sp³-hybridized carbons (Fsp3) is 0.182. The number of aromatic nitrogens is 4. The van der Waals surface area contributed by atoms with E-state index >= 15 is 0 Å². The first-order valence-corrected chi connectivity index (χ1v) is 12.7. The number of carbonyl (C=O) groups excluding carboxylic acids is 1. The van der Waals surface area contributed by atoms with E-state index in [1.165, 1.54) is 11.6 Å². The van der Waals surface area contributed by atoms with Crippen LogP contribution in [0.2, 0.25) is 10.0 Å². The van der Waals surface area contributed by atoms with Crippen LogP contribution < -0.4 is 20.9 Å². The van der Waals surface area contributed by atoms with Gasteiger partial charge in [-0.25, -0.2) is 23.2 Å². The predicted octanol–water partition coefficient (Wildman–Crippen LogP) is 2.68. The first-order valence-electron chi connectivity index (χ1n) is 10.4. The van der Waals surface area contributed by atoms with E-state index in [0.29, 0.717) is 17.3 Å². The van der Waals surface area contributed by atoms with Crippen molar-refractivity contribution in [1.29, 1.82) is 0 Å². The SMILES string of the molecule is CC(=O)Nc1ccc(Cc2nc3c(c(N(C)C)nn3-c3c(Cl)cc(S(N)(=O)=O)cc3Cl)c(=O)[nH]2)cc1. The smallest absolute Gasteiger partial charge is 0.264 e. The summed E-state index contributed by atoms with van der Waals surface area (Å²) in [6.07, 6.45) is 0.278. The Morgan fingerprint density at radius 2 is 1.78 bits per heavy atom. The molecule has 0 saturated heterocycles. The molecule has 0 atom stereocenters. The molecule has 4 rings (SSSR count). The second-order valence-corrected chi connectivity index (χ2v) is 10.6. The van der Waals surface area contributed by atoms with Gasteiger partial charge < -0.3 is 15.2 Å². The maximum absolute atomic E-state index is 13.1. The number of rotatable bonds is 6. The second-order valence-electron chi connectivity index (χ2n) is 8.18. The lowest BCUT2D eigenvalue weighted by Gasteiger charge is -2.11. The summed E-state index contributed by atoms with van der Waals surface area (Å²) in [5.41, 5.74) is 1.38. The molecular weight excluding hydrogens is 529 g/mol. The summed E-state index contributed by atoms with van der Waals surface area (Å²) >= 11 is 12.8. The summed E-state index contributed by atoms with van der Waals surface area (Å²) < 4.78 is 24.9. The number of primary sulfonamides is 1. The number of hydrogen-bond acceptors (Lipinski definition) is 7. The van der Waals surface area contributed by atoms with Crippen LogP contribution >= 0.6 is 23.2 Å². The van der Waals surface area contributed by atoms with Crippen molar-refractivity contribution in [3.8, 4) is 5.69 Å². The monoisotopic (exact) mass is 549 g/mol. The molecule has 188 valence electrons. The van der Waals surface area contributed by atoms with Crippen LogP contribution in [0.15, 0.2) is 46.1 Å². The van der Waals surface area contributed by atoms with E-state index in [1.54, 1.807) is 43.3 Å². The minimum Gasteiger partial charge on any atom is -0.361 e. The highest BCUT2D eigenvalue weighted by Gasteiger charge is 2.24. The van der Waals surface area contributed by atoms with Crippen molar-refractivity contribution in [3.63, 3.8) is 0 Å². The molecule has 0 bridgehead atoms. The Bertz CT molecular complexity index is 1640. The number of fused-ring (bicyclic) bond motifs is 1. The number of halogens is 2.